The number of carbonyl (C=O) groups excluding carboxylic acids is 4. The second-order valence-electron chi connectivity index (χ2n) is 9.07. The largest absolute Gasteiger partial charge is 0.491 e. The molecule has 15 nitrogen and oxygen atoms in total. The molecule has 0 spiro atoms. The van der Waals surface area contributed by atoms with Gasteiger partial charge in [-0.05, 0) is 25.7 Å². The van der Waals surface area contributed by atoms with Crippen LogP contribution in [0.3, 0.4) is 0 Å². The molecule has 2 aromatic heterocycles. The Bertz CT molecular complexity index is 1110. The summed E-state index contributed by atoms with van der Waals surface area (Å²) >= 11 is 0. The van der Waals surface area contributed by atoms with Crippen molar-refractivity contribution in [3.05, 3.63) is 36.9 Å². The van der Waals surface area contributed by atoms with Gasteiger partial charge in [-0.2, -0.15) is 0 Å². The number of pyridine rings is 2. The zero-order chi connectivity index (χ0) is 30.2. The average Bonchev–Trinajstić information content (AvgIpc) is 3.05. The highest BCUT2D eigenvalue weighted by Crippen LogP contribution is 2.25. The molecule has 2 aromatic rings. The summed E-state index contributed by atoms with van der Waals surface area (Å²) in [6, 6.07) is 3.34. The van der Waals surface area contributed by atoms with Crippen LogP contribution in [-0.4, -0.2) is 84.6 Å². The maximum absolute atomic E-state index is 12.2. The molecule has 0 aliphatic carbocycles. The number of methoxy groups -OCH3 is 1. The summed E-state index contributed by atoms with van der Waals surface area (Å²) in [5.74, 6) is -1.01. The lowest BCUT2D eigenvalue weighted by atomic mass is 10.2. The Morgan fingerprint density at radius 1 is 0.857 bits per heavy atom. The van der Waals surface area contributed by atoms with E-state index in [9.17, 15) is 19.2 Å². The number of hydrogen-bond acceptors (Lipinski definition) is 12. The number of aromatic nitrogens is 2. The van der Waals surface area contributed by atoms with Crippen molar-refractivity contribution in [1.82, 2.24) is 15.4 Å². The van der Waals surface area contributed by atoms with Crippen LogP contribution in [0.4, 0.5) is 11.4 Å². The van der Waals surface area contributed by atoms with Crippen molar-refractivity contribution in [2.75, 3.05) is 44.2 Å². The lowest BCUT2D eigenvalue weighted by molar-refractivity contribution is -0.147. The van der Waals surface area contributed by atoms with Crippen LogP contribution >= 0.6 is 0 Å². The van der Waals surface area contributed by atoms with Gasteiger partial charge in [-0.15, -0.1) is 0 Å². The quantitative estimate of drug-likeness (QED) is 0.229. The number of fused-ring (bicyclic) bond motifs is 2. The van der Waals surface area contributed by atoms with Crippen molar-refractivity contribution in [2.24, 2.45) is 0 Å². The lowest BCUT2D eigenvalue weighted by Gasteiger charge is -2.16. The van der Waals surface area contributed by atoms with Crippen LogP contribution in [0.2, 0.25) is 0 Å². The zero-order valence-electron chi connectivity index (χ0n) is 23.2. The number of carbonyl (C=O) groups is 4. The van der Waals surface area contributed by atoms with E-state index in [2.05, 4.69) is 25.3 Å². The molecule has 0 radical (unpaired) electrons. The van der Waals surface area contributed by atoms with Crippen molar-refractivity contribution in [3.8, 4) is 11.5 Å². The molecule has 3 amide bonds. The van der Waals surface area contributed by atoms with E-state index in [1.807, 2.05) is 0 Å². The van der Waals surface area contributed by atoms with E-state index >= 15 is 0 Å². The van der Waals surface area contributed by atoms with Crippen LogP contribution in [0.15, 0.2) is 36.9 Å². The number of hydrogen-bond donors (Lipinski definition) is 4. The maximum atomic E-state index is 12.2. The Labute approximate surface area is 242 Å². The van der Waals surface area contributed by atoms with Gasteiger partial charge in [-0.1, -0.05) is 0 Å². The smallest absolute Gasteiger partial charge is 0.308 e. The van der Waals surface area contributed by atoms with Crippen LogP contribution < -0.4 is 25.6 Å². The number of nitrogens with zero attached hydrogens (tertiary/aromatic N) is 2. The fourth-order valence-electron chi connectivity index (χ4n) is 3.76. The highest BCUT2D eigenvalue weighted by Gasteiger charge is 2.25. The van der Waals surface area contributed by atoms with Gasteiger partial charge in [0.1, 0.15) is 35.1 Å². The Morgan fingerprint density at radius 3 is 1.81 bits per heavy atom. The summed E-state index contributed by atoms with van der Waals surface area (Å²) in [4.78, 5) is 54.9. The molecular formula is C27H35N5O10. The van der Waals surface area contributed by atoms with Crippen molar-refractivity contribution in [2.45, 2.75) is 50.7 Å². The van der Waals surface area contributed by atoms with E-state index in [1.165, 1.54) is 25.0 Å². The molecule has 228 valence electrons. The molecule has 2 aliphatic heterocycles. The second kappa shape index (κ2) is 17.5. The number of nitrogens with one attached hydrogen (secondary N) is 3. The van der Waals surface area contributed by atoms with E-state index in [0.29, 0.717) is 55.7 Å². The molecule has 2 unspecified atom stereocenters. The summed E-state index contributed by atoms with van der Waals surface area (Å²) in [5, 5.41) is 13.9. The highest BCUT2D eigenvalue weighted by atomic mass is 16.5. The first-order valence-corrected chi connectivity index (χ1v) is 13.4. The molecule has 4 heterocycles. The van der Waals surface area contributed by atoms with Gasteiger partial charge in [0.2, 0.25) is 5.91 Å². The van der Waals surface area contributed by atoms with Gasteiger partial charge in [0.25, 0.3) is 11.8 Å². The van der Waals surface area contributed by atoms with Gasteiger partial charge < -0.3 is 34.3 Å². The van der Waals surface area contributed by atoms with Gasteiger partial charge >= 0.3 is 5.97 Å². The molecule has 4 rings (SSSR count). The number of hydroxylamine groups is 1. The first-order valence-electron chi connectivity index (χ1n) is 13.4. The van der Waals surface area contributed by atoms with Crippen LogP contribution in [0, 0.1) is 0 Å². The Balaban J connectivity index is 0.000000230. The number of esters is 1. The average molecular weight is 590 g/mol. The van der Waals surface area contributed by atoms with Crippen LogP contribution in [0.5, 0.6) is 11.5 Å². The SMILES string of the molecule is COC(=O)CC1OCCCCOc2ccncc2NC1=O.O=C(CC1OCCCCOc2ccncc2NC1=O)NO. The number of amides is 3. The summed E-state index contributed by atoms with van der Waals surface area (Å²) < 4.78 is 26.7. The first kappa shape index (κ1) is 32.2. The molecule has 0 bridgehead atoms. The molecule has 0 aromatic carbocycles. The third kappa shape index (κ3) is 10.6. The van der Waals surface area contributed by atoms with E-state index < -0.39 is 35.9 Å². The molecule has 0 saturated heterocycles. The highest BCUT2D eigenvalue weighted by molar-refractivity contribution is 5.98. The van der Waals surface area contributed by atoms with E-state index in [4.69, 9.17) is 24.2 Å². The summed E-state index contributed by atoms with van der Waals surface area (Å²) in [6.45, 7) is 1.73. The van der Waals surface area contributed by atoms with Crippen molar-refractivity contribution < 1.29 is 48.1 Å². The van der Waals surface area contributed by atoms with E-state index in [-0.39, 0.29) is 12.8 Å². The number of anilines is 2. The molecule has 4 N–H and O–H groups in total. The van der Waals surface area contributed by atoms with E-state index in [0.717, 1.165) is 19.3 Å². The predicted molar refractivity (Wildman–Crippen MR) is 146 cm³/mol. The summed E-state index contributed by atoms with van der Waals surface area (Å²) in [5.41, 5.74) is 2.37. The maximum Gasteiger partial charge on any atom is 0.308 e. The monoisotopic (exact) mass is 589 g/mol. The number of ether oxygens (including phenoxy) is 5. The van der Waals surface area contributed by atoms with Gasteiger partial charge in [0.15, 0.2) is 0 Å². The Morgan fingerprint density at radius 2 is 1.33 bits per heavy atom. The minimum Gasteiger partial charge on any atom is -0.491 e. The number of rotatable bonds is 4. The van der Waals surface area contributed by atoms with E-state index in [1.54, 1.807) is 24.5 Å². The minimum atomic E-state index is -0.983. The van der Waals surface area contributed by atoms with Crippen molar-refractivity contribution >= 4 is 35.1 Å². The fourth-order valence-corrected chi connectivity index (χ4v) is 3.76. The fraction of sp³-hybridized carbons (Fsp3) is 0.481. The second-order valence-corrected chi connectivity index (χ2v) is 9.07. The standard InChI is InChI=1S/C14H18N2O5.C13H17N3O5/c1-19-13(17)8-12-14(18)16-10-9-15-5-4-11(10)20-6-2-3-7-21-12;17-12(16-19)7-11-13(18)15-9-8-14-4-3-10(9)20-5-1-2-6-21-11/h4-5,9,12H,2-3,6-8H2,1H3,(H,16,18);3-4,8,11,19H,1-2,5-7H2,(H,15,18)(H,16,17). The summed E-state index contributed by atoms with van der Waals surface area (Å²) in [7, 11) is 1.28. The molecule has 2 atom stereocenters. The Kier molecular flexibility index (Phi) is 13.4. The molecule has 42 heavy (non-hydrogen) atoms. The van der Waals surface area contributed by atoms with Crippen LogP contribution in [0.1, 0.15) is 38.5 Å². The normalized spacial score (nSPS) is 19.5. The van der Waals surface area contributed by atoms with Gasteiger partial charge in [-0.3, -0.25) is 34.4 Å². The topological polar surface area (TPSA) is 197 Å². The van der Waals surface area contributed by atoms with Crippen LogP contribution in [-0.2, 0) is 33.4 Å². The lowest BCUT2D eigenvalue weighted by Crippen LogP contribution is -2.35. The third-order valence-corrected chi connectivity index (χ3v) is 5.97. The van der Waals surface area contributed by atoms with Crippen molar-refractivity contribution in [3.63, 3.8) is 0 Å². The molecule has 0 saturated carbocycles. The van der Waals surface area contributed by atoms with Crippen molar-refractivity contribution in [1.29, 1.82) is 0 Å². The summed E-state index contributed by atoms with van der Waals surface area (Å²) in [6.07, 6.45) is 6.86. The molecule has 2 aliphatic rings. The predicted octanol–water partition coefficient (Wildman–Crippen LogP) is 1.61. The van der Waals surface area contributed by atoms with Gasteiger partial charge in [-0.25, -0.2) is 5.48 Å². The Hall–Kier alpha value is -4.34. The van der Waals surface area contributed by atoms with Gasteiger partial charge in [0, 0.05) is 37.7 Å². The minimum absolute atomic E-state index is 0.126. The van der Waals surface area contributed by atoms with Crippen LogP contribution in [0.25, 0.3) is 0 Å². The third-order valence-electron chi connectivity index (χ3n) is 5.97. The molecule has 0 fully saturated rings. The molecular weight excluding hydrogens is 554 g/mol. The first-order chi connectivity index (χ1) is 20.4. The zero-order valence-corrected chi connectivity index (χ0v) is 23.2. The molecule has 15 heteroatoms. The van der Waals surface area contributed by atoms with Gasteiger partial charge in [0.05, 0.1) is 45.6 Å².